The largest absolute Gasteiger partial charge is 0.393 e. The van der Waals surface area contributed by atoms with Crippen molar-refractivity contribution in [1.82, 2.24) is 5.32 Å². The molecule has 0 aromatic rings. The lowest BCUT2D eigenvalue weighted by Crippen LogP contribution is -2.62. The predicted molar refractivity (Wildman–Crippen MR) is 129 cm³/mol. The van der Waals surface area contributed by atoms with Crippen molar-refractivity contribution in [3.63, 3.8) is 0 Å². The summed E-state index contributed by atoms with van der Waals surface area (Å²) in [4.78, 5) is 12.2. The standard InChI is InChI=1S/C27H48N2O4/c1-16(5-8-24(33)29-12-4-11-28)19-6-7-20-25-21(15-23(32)27(19,20)3)26(2)10-9-18(30)13-17(26)14-22(25)31/h16-23,25,30-32H,4-15,28H2,1-3H3,(H,29,33)/t16-,17+,18-,19-,20+,21+,22-,23+,25+,26+,27-/m1/s1. The van der Waals surface area contributed by atoms with Gasteiger partial charge in [-0.1, -0.05) is 20.8 Å². The van der Waals surface area contributed by atoms with Crippen LogP contribution in [0, 0.1) is 46.3 Å². The summed E-state index contributed by atoms with van der Waals surface area (Å²) in [5, 5.41) is 36.2. The van der Waals surface area contributed by atoms with Gasteiger partial charge in [-0.25, -0.2) is 0 Å². The van der Waals surface area contributed by atoms with Crippen LogP contribution in [-0.2, 0) is 4.79 Å². The highest BCUT2D eigenvalue weighted by atomic mass is 16.3. The van der Waals surface area contributed by atoms with Crippen LogP contribution < -0.4 is 11.1 Å². The number of aliphatic hydroxyl groups is 3. The average molecular weight is 465 g/mol. The molecular formula is C27H48N2O4. The number of aliphatic hydroxyl groups excluding tert-OH is 3. The molecule has 33 heavy (non-hydrogen) atoms. The molecule has 4 fully saturated rings. The van der Waals surface area contributed by atoms with Gasteiger partial charge in [-0.3, -0.25) is 4.79 Å². The summed E-state index contributed by atoms with van der Waals surface area (Å²) in [6.07, 6.45) is 7.55. The van der Waals surface area contributed by atoms with E-state index in [1.807, 2.05) is 0 Å². The third kappa shape index (κ3) is 4.39. The Bertz CT molecular complexity index is 704. The molecule has 0 saturated heterocycles. The van der Waals surface area contributed by atoms with Crippen LogP contribution >= 0.6 is 0 Å². The van der Waals surface area contributed by atoms with E-state index in [9.17, 15) is 20.1 Å². The molecule has 4 rings (SSSR count). The second-order valence-electron chi connectivity index (χ2n) is 12.5. The minimum Gasteiger partial charge on any atom is -0.393 e. The lowest BCUT2D eigenvalue weighted by Gasteiger charge is -2.63. The van der Waals surface area contributed by atoms with E-state index in [1.165, 1.54) is 0 Å². The van der Waals surface area contributed by atoms with Gasteiger partial charge in [0, 0.05) is 13.0 Å². The number of amides is 1. The van der Waals surface area contributed by atoms with Crippen molar-refractivity contribution < 1.29 is 20.1 Å². The molecular weight excluding hydrogens is 416 g/mol. The van der Waals surface area contributed by atoms with Crippen LogP contribution in [0.4, 0.5) is 0 Å². The molecule has 0 bridgehead atoms. The molecule has 190 valence electrons. The summed E-state index contributed by atoms with van der Waals surface area (Å²) in [5.41, 5.74) is 5.42. The van der Waals surface area contributed by atoms with E-state index in [-0.39, 0.29) is 41.0 Å². The zero-order valence-electron chi connectivity index (χ0n) is 21.0. The number of hydrogen-bond donors (Lipinski definition) is 5. The Labute approximate surface area is 200 Å². The molecule has 1 amide bonds. The Morgan fingerprint density at radius 2 is 1.85 bits per heavy atom. The van der Waals surface area contributed by atoms with Crippen LogP contribution in [0.1, 0.15) is 85.0 Å². The van der Waals surface area contributed by atoms with Gasteiger partial charge in [-0.15, -0.1) is 0 Å². The van der Waals surface area contributed by atoms with Crippen molar-refractivity contribution in [2.75, 3.05) is 13.1 Å². The van der Waals surface area contributed by atoms with E-state index >= 15 is 0 Å². The van der Waals surface area contributed by atoms with Crippen molar-refractivity contribution >= 4 is 5.91 Å². The van der Waals surface area contributed by atoms with Gasteiger partial charge < -0.3 is 26.4 Å². The first-order valence-electron chi connectivity index (χ1n) is 13.6. The van der Waals surface area contributed by atoms with Crippen molar-refractivity contribution in [1.29, 1.82) is 0 Å². The number of rotatable bonds is 7. The second kappa shape index (κ2) is 9.75. The quantitative estimate of drug-likeness (QED) is 0.372. The molecule has 0 spiro atoms. The van der Waals surface area contributed by atoms with E-state index in [1.54, 1.807) is 0 Å². The fraction of sp³-hybridized carbons (Fsp3) is 0.963. The zero-order valence-corrected chi connectivity index (χ0v) is 21.0. The van der Waals surface area contributed by atoms with Crippen LogP contribution in [0.5, 0.6) is 0 Å². The van der Waals surface area contributed by atoms with E-state index in [2.05, 4.69) is 26.1 Å². The molecule has 4 aliphatic rings. The fourth-order valence-corrected chi connectivity index (χ4v) is 9.11. The Morgan fingerprint density at radius 1 is 1.09 bits per heavy atom. The zero-order chi connectivity index (χ0) is 24.0. The first kappa shape index (κ1) is 25.4. The fourth-order valence-electron chi connectivity index (χ4n) is 9.11. The van der Waals surface area contributed by atoms with E-state index in [0.717, 1.165) is 57.8 Å². The maximum Gasteiger partial charge on any atom is 0.220 e. The summed E-state index contributed by atoms with van der Waals surface area (Å²) in [6.45, 7) is 8.14. The normalized spacial score (nSPS) is 47.8. The third-order valence-corrected chi connectivity index (χ3v) is 11.1. The molecule has 0 unspecified atom stereocenters. The molecule has 6 N–H and O–H groups in total. The SMILES string of the molecule is C[C@H](CCC(=O)NCCCN)[C@H]1CC[C@H]2[C@@H]3[C@H](O)C[C@@H]4C[C@H](O)CC[C@]4(C)[C@H]3C[C@H](O)[C@]12C. The first-order valence-corrected chi connectivity index (χ1v) is 13.6. The number of nitrogens with one attached hydrogen (secondary N) is 1. The van der Waals surface area contributed by atoms with E-state index < -0.39 is 0 Å². The third-order valence-electron chi connectivity index (χ3n) is 11.1. The smallest absolute Gasteiger partial charge is 0.220 e. The Hall–Kier alpha value is -0.690. The van der Waals surface area contributed by atoms with Gasteiger partial charge in [0.1, 0.15) is 0 Å². The maximum absolute atomic E-state index is 12.2. The number of carbonyl (C=O) groups excluding carboxylic acids is 1. The molecule has 0 radical (unpaired) electrons. The lowest BCUT2D eigenvalue weighted by molar-refractivity contribution is -0.207. The van der Waals surface area contributed by atoms with Gasteiger partial charge in [0.05, 0.1) is 18.3 Å². The lowest BCUT2D eigenvalue weighted by atomic mass is 9.43. The number of nitrogens with two attached hydrogens (primary N) is 1. The van der Waals surface area contributed by atoms with Crippen LogP contribution in [0.25, 0.3) is 0 Å². The highest BCUT2D eigenvalue weighted by Crippen LogP contribution is 2.68. The molecule has 4 saturated carbocycles. The van der Waals surface area contributed by atoms with Crippen molar-refractivity contribution in [3.8, 4) is 0 Å². The Morgan fingerprint density at radius 3 is 2.58 bits per heavy atom. The second-order valence-corrected chi connectivity index (χ2v) is 12.5. The van der Waals surface area contributed by atoms with Crippen molar-refractivity contribution in [3.05, 3.63) is 0 Å². The van der Waals surface area contributed by atoms with Gasteiger partial charge in [-0.2, -0.15) is 0 Å². The molecule has 0 aliphatic heterocycles. The van der Waals surface area contributed by atoms with Gasteiger partial charge >= 0.3 is 0 Å². The van der Waals surface area contributed by atoms with E-state index in [0.29, 0.717) is 49.1 Å². The van der Waals surface area contributed by atoms with Crippen LogP contribution in [0.15, 0.2) is 0 Å². The minimum absolute atomic E-state index is 0.0976. The Balaban J connectivity index is 1.47. The van der Waals surface area contributed by atoms with Crippen LogP contribution in [-0.4, -0.2) is 52.6 Å². The molecule has 0 aromatic carbocycles. The topological polar surface area (TPSA) is 116 Å². The molecule has 4 aliphatic carbocycles. The van der Waals surface area contributed by atoms with Gasteiger partial charge in [0.2, 0.25) is 5.91 Å². The summed E-state index contributed by atoms with van der Waals surface area (Å²) >= 11 is 0. The predicted octanol–water partition coefficient (Wildman–Crippen LogP) is 2.83. The molecule has 6 heteroatoms. The number of carbonyl (C=O) groups is 1. The summed E-state index contributed by atoms with van der Waals surface area (Å²) in [5.74, 6) is 2.09. The van der Waals surface area contributed by atoms with Gasteiger partial charge in [0.15, 0.2) is 0 Å². The first-order chi connectivity index (χ1) is 15.6. The van der Waals surface area contributed by atoms with Gasteiger partial charge in [0.25, 0.3) is 0 Å². The summed E-state index contributed by atoms with van der Waals surface area (Å²) < 4.78 is 0. The summed E-state index contributed by atoms with van der Waals surface area (Å²) in [6, 6.07) is 0. The summed E-state index contributed by atoms with van der Waals surface area (Å²) in [7, 11) is 0. The van der Waals surface area contributed by atoms with E-state index in [4.69, 9.17) is 5.73 Å². The molecule has 0 heterocycles. The molecule has 0 aromatic heterocycles. The highest BCUT2D eigenvalue weighted by molar-refractivity contribution is 5.75. The number of fused-ring (bicyclic) bond motifs is 5. The van der Waals surface area contributed by atoms with Gasteiger partial charge in [-0.05, 0) is 111 Å². The molecule has 11 atom stereocenters. The highest BCUT2D eigenvalue weighted by Gasteiger charge is 2.65. The van der Waals surface area contributed by atoms with Crippen LogP contribution in [0.2, 0.25) is 0 Å². The van der Waals surface area contributed by atoms with Crippen molar-refractivity contribution in [2.24, 2.45) is 52.1 Å². The molecule has 6 nitrogen and oxygen atoms in total. The monoisotopic (exact) mass is 464 g/mol. The van der Waals surface area contributed by atoms with Crippen molar-refractivity contribution in [2.45, 2.75) is 103 Å². The Kier molecular flexibility index (Phi) is 7.51. The average Bonchev–Trinajstić information content (AvgIpc) is 3.13. The number of hydrogen-bond acceptors (Lipinski definition) is 5. The maximum atomic E-state index is 12.2. The van der Waals surface area contributed by atoms with Crippen LogP contribution in [0.3, 0.4) is 0 Å². The minimum atomic E-state index is -0.369.